The van der Waals surface area contributed by atoms with Crippen molar-refractivity contribution in [3.63, 3.8) is 0 Å². The first-order chi connectivity index (χ1) is 17.7. The number of aliphatic hydroxyl groups is 1. The highest BCUT2D eigenvalue weighted by atomic mass is 16.5. The van der Waals surface area contributed by atoms with Gasteiger partial charge < -0.3 is 24.4 Å². The van der Waals surface area contributed by atoms with E-state index in [0.717, 1.165) is 36.3 Å². The van der Waals surface area contributed by atoms with Crippen molar-refractivity contribution in [3.05, 3.63) is 64.7 Å². The Morgan fingerprint density at radius 3 is 2.70 bits per heavy atom. The van der Waals surface area contributed by atoms with E-state index in [1.165, 1.54) is 0 Å². The van der Waals surface area contributed by atoms with E-state index in [0.29, 0.717) is 36.8 Å². The van der Waals surface area contributed by atoms with Crippen LogP contribution in [-0.4, -0.2) is 66.5 Å². The van der Waals surface area contributed by atoms with Crippen LogP contribution in [0.3, 0.4) is 0 Å². The molecule has 2 aromatic rings. The number of fused-ring (bicyclic) bond motifs is 1. The van der Waals surface area contributed by atoms with Crippen LogP contribution < -0.4 is 9.47 Å². The van der Waals surface area contributed by atoms with Crippen LogP contribution in [0.5, 0.6) is 11.5 Å². The fourth-order valence-electron chi connectivity index (χ4n) is 4.93. The molecule has 2 aliphatic heterocycles. The minimum absolute atomic E-state index is 0.0631. The highest BCUT2D eigenvalue weighted by Crippen LogP contribution is 2.41. The molecule has 1 amide bonds. The fraction of sp³-hybridized carbons (Fsp3) is 0.467. The van der Waals surface area contributed by atoms with Crippen molar-refractivity contribution in [2.45, 2.75) is 52.2 Å². The van der Waals surface area contributed by atoms with Crippen LogP contribution in [-0.2, 0) is 16.0 Å². The topological polar surface area (TPSA) is 79.3 Å². The molecule has 198 valence electrons. The Balaban J connectivity index is 1.73. The van der Waals surface area contributed by atoms with Gasteiger partial charge in [0.05, 0.1) is 18.2 Å². The number of rotatable bonds is 10. The van der Waals surface area contributed by atoms with Gasteiger partial charge in [0.25, 0.3) is 11.7 Å². The molecule has 1 saturated heterocycles. The Morgan fingerprint density at radius 2 is 1.97 bits per heavy atom. The highest BCUT2D eigenvalue weighted by Gasteiger charge is 2.46. The predicted octanol–water partition coefficient (Wildman–Crippen LogP) is 4.81. The molecule has 2 aromatic carbocycles. The normalized spacial score (nSPS) is 20.6. The molecular weight excluding hydrogens is 468 g/mol. The minimum atomic E-state index is -0.695. The largest absolute Gasteiger partial charge is 0.507 e. The predicted molar refractivity (Wildman–Crippen MR) is 144 cm³/mol. The fourth-order valence-corrected chi connectivity index (χ4v) is 4.93. The summed E-state index contributed by atoms with van der Waals surface area (Å²) in [6.45, 7) is 8.05. The quantitative estimate of drug-likeness (QED) is 0.283. The zero-order chi connectivity index (χ0) is 26.7. The number of carbonyl (C=O) groups excluding carboxylic acids is 2. The third kappa shape index (κ3) is 5.99. The summed E-state index contributed by atoms with van der Waals surface area (Å²) < 4.78 is 11.8. The summed E-state index contributed by atoms with van der Waals surface area (Å²) in [4.78, 5) is 30.2. The van der Waals surface area contributed by atoms with Gasteiger partial charge >= 0.3 is 0 Å². The number of amides is 1. The Bertz CT molecular complexity index is 1190. The van der Waals surface area contributed by atoms with Crippen LogP contribution in [0.15, 0.2) is 48.0 Å². The Labute approximate surface area is 219 Å². The average molecular weight is 507 g/mol. The summed E-state index contributed by atoms with van der Waals surface area (Å²) in [5.41, 5.74) is 2.35. The van der Waals surface area contributed by atoms with Crippen molar-refractivity contribution in [1.82, 2.24) is 9.80 Å². The molecule has 0 bridgehead atoms. The van der Waals surface area contributed by atoms with Gasteiger partial charge in [0, 0.05) is 18.5 Å². The molecule has 0 aliphatic carbocycles. The van der Waals surface area contributed by atoms with Crippen LogP contribution in [0.25, 0.3) is 5.76 Å². The van der Waals surface area contributed by atoms with Crippen LogP contribution in [0.4, 0.5) is 0 Å². The van der Waals surface area contributed by atoms with Crippen LogP contribution in [0.2, 0.25) is 0 Å². The summed E-state index contributed by atoms with van der Waals surface area (Å²) in [7, 11) is 3.95. The van der Waals surface area contributed by atoms with Gasteiger partial charge in [-0.15, -0.1) is 0 Å². The Morgan fingerprint density at radius 1 is 1.19 bits per heavy atom. The second-order valence-corrected chi connectivity index (χ2v) is 10.7. The molecule has 2 atom stereocenters. The molecule has 2 heterocycles. The first-order valence-corrected chi connectivity index (χ1v) is 13.1. The van der Waals surface area contributed by atoms with Crippen LogP contribution in [0, 0.1) is 5.92 Å². The second-order valence-electron chi connectivity index (χ2n) is 10.7. The zero-order valence-electron chi connectivity index (χ0n) is 22.5. The Kier molecular flexibility index (Phi) is 8.22. The number of benzene rings is 2. The van der Waals surface area contributed by atoms with E-state index >= 15 is 0 Å². The lowest BCUT2D eigenvalue weighted by molar-refractivity contribution is -0.139. The number of hydrogen-bond acceptors (Lipinski definition) is 6. The third-order valence-electron chi connectivity index (χ3n) is 6.85. The maximum absolute atomic E-state index is 13.4. The van der Waals surface area contributed by atoms with Crippen molar-refractivity contribution >= 4 is 17.4 Å². The summed E-state index contributed by atoms with van der Waals surface area (Å²) >= 11 is 0. The van der Waals surface area contributed by atoms with Gasteiger partial charge in [-0.2, -0.15) is 0 Å². The van der Waals surface area contributed by atoms with Gasteiger partial charge in [0.1, 0.15) is 23.4 Å². The number of Topliss-reactive ketones (excluding diaryl/α,β-unsaturated/α-hetero) is 1. The van der Waals surface area contributed by atoms with E-state index in [1.54, 1.807) is 11.0 Å². The number of hydrogen-bond donors (Lipinski definition) is 1. The van der Waals surface area contributed by atoms with E-state index in [-0.39, 0.29) is 17.4 Å². The van der Waals surface area contributed by atoms with E-state index in [1.807, 2.05) is 62.3 Å². The number of likely N-dealkylation sites (tertiary alicyclic amines) is 1. The van der Waals surface area contributed by atoms with E-state index in [9.17, 15) is 14.7 Å². The number of ketones is 1. The molecule has 7 heteroatoms. The van der Waals surface area contributed by atoms with Gasteiger partial charge in [-0.25, -0.2) is 0 Å². The van der Waals surface area contributed by atoms with Crippen molar-refractivity contribution in [2.75, 3.05) is 33.8 Å². The lowest BCUT2D eigenvalue weighted by atomic mass is 9.94. The number of carbonyl (C=O) groups is 2. The summed E-state index contributed by atoms with van der Waals surface area (Å²) in [5, 5.41) is 11.4. The molecule has 2 aliphatic rings. The van der Waals surface area contributed by atoms with Crippen molar-refractivity contribution in [2.24, 2.45) is 5.92 Å². The maximum atomic E-state index is 13.4. The number of nitrogens with zero attached hydrogens (tertiary/aromatic N) is 2. The molecule has 0 radical (unpaired) electrons. The van der Waals surface area contributed by atoms with E-state index < -0.39 is 17.7 Å². The maximum Gasteiger partial charge on any atom is 0.295 e. The van der Waals surface area contributed by atoms with Gasteiger partial charge in [0.15, 0.2) is 0 Å². The Hall–Kier alpha value is -3.32. The molecule has 0 unspecified atom stereocenters. The summed E-state index contributed by atoms with van der Waals surface area (Å²) in [5.74, 6) is 0.578. The van der Waals surface area contributed by atoms with E-state index in [2.05, 4.69) is 13.8 Å². The van der Waals surface area contributed by atoms with Crippen molar-refractivity contribution in [1.29, 1.82) is 0 Å². The first kappa shape index (κ1) is 26.7. The van der Waals surface area contributed by atoms with Crippen LogP contribution >= 0.6 is 0 Å². The SMILES string of the molecule is CC(C)CCOc1cccc([C@H]2C(=C(O)c3ccc4c(c3)C[C@H](C)O4)C(=O)C(=O)N2CCCN(C)C)c1. The second kappa shape index (κ2) is 11.4. The smallest absolute Gasteiger partial charge is 0.295 e. The van der Waals surface area contributed by atoms with Crippen molar-refractivity contribution in [3.8, 4) is 11.5 Å². The highest BCUT2D eigenvalue weighted by molar-refractivity contribution is 6.46. The first-order valence-electron chi connectivity index (χ1n) is 13.1. The lowest BCUT2D eigenvalue weighted by Crippen LogP contribution is -2.32. The molecule has 1 N–H and O–H groups in total. The van der Waals surface area contributed by atoms with Crippen LogP contribution in [0.1, 0.15) is 56.3 Å². The minimum Gasteiger partial charge on any atom is -0.507 e. The lowest BCUT2D eigenvalue weighted by Gasteiger charge is -2.26. The molecule has 0 aromatic heterocycles. The van der Waals surface area contributed by atoms with Gasteiger partial charge in [-0.1, -0.05) is 26.0 Å². The molecule has 0 spiro atoms. The molecule has 4 rings (SSSR count). The molecule has 0 saturated carbocycles. The zero-order valence-corrected chi connectivity index (χ0v) is 22.5. The monoisotopic (exact) mass is 506 g/mol. The van der Waals surface area contributed by atoms with Gasteiger partial charge in [-0.3, -0.25) is 9.59 Å². The average Bonchev–Trinajstić information content (AvgIpc) is 3.34. The molecule has 7 nitrogen and oxygen atoms in total. The molecule has 1 fully saturated rings. The summed E-state index contributed by atoms with van der Waals surface area (Å²) in [6.07, 6.45) is 2.42. The molecular formula is C30H38N2O5. The number of aliphatic hydroxyl groups excluding tert-OH is 1. The molecule has 37 heavy (non-hydrogen) atoms. The van der Waals surface area contributed by atoms with Gasteiger partial charge in [-0.05, 0) is 87.8 Å². The standard InChI is InChI=1S/C30H38N2O5/c1-19(2)12-15-36-24-9-6-8-21(18-24)27-26(29(34)30(35)32(27)14-7-13-31(4)5)28(33)22-10-11-25-23(17-22)16-20(3)37-25/h6,8-11,17-20,27,33H,7,12-16H2,1-5H3/t20-,27-/m0/s1. The third-order valence-corrected chi connectivity index (χ3v) is 6.85. The van der Waals surface area contributed by atoms with E-state index in [4.69, 9.17) is 9.47 Å². The summed E-state index contributed by atoms with van der Waals surface area (Å²) in [6, 6.07) is 12.2. The van der Waals surface area contributed by atoms with Gasteiger partial charge in [0.2, 0.25) is 0 Å². The van der Waals surface area contributed by atoms with Crippen molar-refractivity contribution < 1.29 is 24.2 Å². The number of ether oxygens (including phenoxy) is 2.